The molecule has 1 heterocycles. The van der Waals surface area contributed by atoms with E-state index in [1.54, 1.807) is 63.9 Å². The maximum absolute atomic E-state index is 13.1. The zero-order chi connectivity index (χ0) is 32.5. The van der Waals surface area contributed by atoms with Gasteiger partial charge in [-0.15, -0.1) is 0 Å². The molecular weight excluding hydrogens is 554 g/mol. The number of carboxylic acids is 4. The first-order valence-electron chi connectivity index (χ1n) is 13.3. The van der Waals surface area contributed by atoms with Gasteiger partial charge in [-0.05, 0) is 59.1 Å². The van der Waals surface area contributed by atoms with Crippen molar-refractivity contribution in [3.05, 3.63) is 30.1 Å². The van der Waals surface area contributed by atoms with Gasteiger partial charge in [-0.3, -0.25) is 29.1 Å². The number of hydrogen-bond donors (Lipinski definition) is 7. The summed E-state index contributed by atoms with van der Waals surface area (Å²) < 4.78 is 0. The first-order valence-corrected chi connectivity index (χ1v) is 13.3. The molecule has 0 saturated heterocycles. The van der Waals surface area contributed by atoms with E-state index in [0.717, 1.165) is 0 Å². The average molecular weight is 598 g/mol. The number of aliphatic carboxylic acids is 4. The summed E-state index contributed by atoms with van der Waals surface area (Å²) in [6, 6.07) is 3.24. The molecule has 1 rings (SSSR count). The molecule has 1 atom stereocenters. The van der Waals surface area contributed by atoms with Gasteiger partial charge in [0, 0.05) is 31.2 Å². The maximum atomic E-state index is 13.1. The molecule has 0 aliphatic carbocycles. The summed E-state index contributed by atoms with van der Waals surface area (Å²) in [4.78, 5) is 73.5. The number of carboxylic acid groups (broad SMARTS) is 4. The van der Waals surface area contributed by atoms with Gasteiger partial charge in [-0.2, -0.15) is 0 Å². The number of hydrogen-bond acceptors (Lipinski definition) is 8. The smallest absolute Gasteiger partial charge is 0.326 e. The van der Waals surface area contributed by atoms with Gasteiger partial charge in [-0.1, -0.05) is 13.0 Å². The number of nitrogens with zero attached hydrogens (tertiary/aromatic N) is 2. The zero-order valence-electron chi connectivity index (χ0n) is 24.7. The second-order valence-electron chi connectivity index (χ2n) is 10.4. The third-order valence-corrected chi connectivity index (χ3v) is 6.80. The van der Waals surface area contributed by atoms with Crippen LogP contribution in [0.15, 0.2) is 24.4 Å². The van der Waals surface area contributed by atoms with Gasteiger partial charge in [0.25, 0.3) is 0 Å². The lowest BCUT2D eigenvalue weighted by atomic mass is 9.72. The average Bonchev–Trinajstić information content (AvgIpc) is 2.90. The number of nitrogens with one attached hydrogen (secondary N) is 3. The van der Waals surface area contributed by atoms with Crippen molar-refractivity contribution in [1.82, 2.24) is 25.8 Å². The van der Waals surface area contributed by atoms with E-state index in [1.807, 2.05) is 5.32 Å². The van der Waals surface area contributed by atoms with Crippen molar-refractivity contribution >= 4 is 35.8 Å². The van der Waals surface area contributed by atoms with Crippen molar-refractivity contribution in [2.24, 2.45) is 5.41 Å². The fourth-order valence-electron chi connectivity index (χ4n) is 3.49. The van der Waals surface area contributed by atoms with Gasteiger partial charge in [0.05, 0.1) is 17.7 Å². The molecule has 0 aliphatic rings. The molecule has 15 heteroatoms. The molecule has 236 valence electrons. The molecule has 0 spiro atoms. The van der Waals surface area contributed by atoms with Gasteiger partial charge in [0.15, 0.2) is 0 Å². The molecule has 0 fully saturated rings. The van der Waals surface area contributed by atoms with Gasteiger partial charge in [0.1, 0.15) is 12.6 Å². The van der Waals surface area contributed by atoms with Crippen LogP contribution in [0.25, 0.3) is 0 Å². The Bertz CT molecular complexity index is 1060. The Kier molecular flexibility index (Phi) is 16.4. The fourth-order valence-corrected chi connectivity index (χ4v) is 3.49. The van der Waals surface area contributed by atoms with Crippen LogP contribution in [0, 0.1) is 5.41 Å². The highest BCUT2D eigenvalue weighted by Crippen LogP contribution is 2.37. The number of urea groups is 1. The van der Waals surface area contributed by atoms with E-state index in [2.05, 4.69) is 15.6 Å². The van der Waals surface area contributed by atoms with Crippen molar-refractivity contribution in [2.45, 2.75) is 78.4 Å². The number of rotatable bonds is 17. The topological polar surface area (TPSA) is 236 Å². The molecule has 0 aromatic carbocycles. The molecule has 1 aromatic heterocycles. The van der Waals surface area contributed by atoms with Gasteiger partial charge < -0.3 is 36.4 Å². The Hall–Kier alpha value is -4.27. The van der Waals surface area contributed by atoms with E-state index in [1.165, 1.54) is 0 Å². The summed E-state index contributed by atoms with van der Waals surface area (Å²) in [5.74, 6) is -4.59. The van der Waals surface area contributed by atoms with E-state index >= 15 is 0 Å². The van der Waals surface area contributed by atoms with E-state index in [9.17, 15) is 39.0 Å². The first kappa shape index (κ1) is 37.7. The summed E-state index contributed by atoms with van der Waals surface area (Å²) in [5.41, 5.74) is -1.22. The largest absolute Gasteiger partial charge is 0.481 e. The van der Waals surface area contributed by atoms with Crippen LogP contribution >= 0.6 is 0 Å². The third-order valence-electron chi connectivity index (χ3n) is 6.80. The molecule has 3 amide bonds. The SMILES string of the molecule is CC(C)(C(=O)NCCCCC(NC(=O)NCC(=O)O)C(=O)O)C(C)(C)N(CC(=O)O)Cc1ccccn1.CCC(=O)O. The van der Waals surface area contributed by atoms with E-state index in [-0.39, 0.29) is 38.4 Å². The van der Waals surface area contributed by atoms with Crippen LogP contribution < -0.4 is 16.0 Å². The van der Waals surface area contributed by atoms with Gasteiger partial charge in [0.2, 0.25) is 5.91 Å². The van der Waals surface area contributed by atoms with Crippen LogP contribution in [-0.4, -0.2) is 97.3 Å². The molecule has 0 bridgehead atoms. The molecule has 0 radical (unpaired) electrons. The predicted molar refractivity (Wildman–Crippen MR) is 151 cm³/mol. The lowest BCUT2D eigenvalue weighted by Crippen LogP contribution is -2.60. The summed E-state index contributed by atoms with van der Waals surface area (Å²) >= 11 is 0. The predicted octanol–water partition coefficient (Wildman–Crippen LogP) is 1.38. The highest BCUT2D eigenvalue weighted by Gasteiger charge is 2.47. The number of carbonyl (C=O) groups is 6. The van der Waals surface area contributed by atoms with Crippen molar-refractivity contribution < 1.29 is 49.2 Å². The molecule has 7 N–H and O–H groups in total. The number of unbranched alkanes of at least 4 members (excludes halogenated alkanes) is 1. The molecular formula is C27H43N5O10. The normalized spacial score (nSPS) is 11.9. The molecule has 0 aliphatic heterocycles. The maximum Gasteiger partial charge on any atom is 0.326 e. The molecule has 1 aromatic rings. The van der Waals surface area contributed by atoms with Gasteiger partial charge >= 0.3 is 29.9 Å². The number of carbonyl (C=O) groups excluding carboxylic acids is 2. The van der Waals surface area contributed by atoms with Gasteiger partial charge in [-0.25, -0.2) is 9.59 Å². The minimum atomic E-state index is -1.26. The van der Waals surface area contributed by atoms with Crippen LogP contribution in [0.1, 0.15) is 66.0 Å². The van der Waals surface area contributed by atoms with E-state index in [0.29, 0.717) is 18.5 Å². The Labute approximate surface area is 244 Å². The van der Waals surface area contributed by atoms with E-state index < -0.39 is 53.4 Å². The highest BCUT2D eigenvalue weighted by atomic mass is 16.4. The number of aromatic nitrogens is 1. The Morgan fingerprint density at radius 2 is 1.52 bits per heavy atom. The standard InChI is InChI=1S/C24H37N5O8.C3H6O2/c1-23(2,24(3,4)29(15-19(32)33)14-16-9-5-7-11-25-16)21(36)26-12-8-6-10-17(20(34)35)28-22(37)27-13-18(30)31;1-2-3(4)5/h5,7,9,11,17H,6,8,10,12-15H2,1-4H3,(H,26,36)(H,30,31)(H,32,33)(H,34,35)(H2,27,28,37);2H2,1H3,(H,4,5). The number of pyridine rings is 1. The summed E-state index contributed by atoms with van der Waals surface area (Å²) in [6.07, 6.45) is 2.71. The van der Waals surface area contributed by atoms with Crippen LogP contribution in [0.2, 0.25) is 0 Å². The van der Waals surface area contributed by atoms with Crippen LogP contribution in [0.3, 0.4) is 0 Å². The minimum absolute atomic E-state index is 0.0804. The second-order valence-corrected chi connectivity index (χ2v) is 10.4. The van der Waals surface area contributed by atoms with Crippen molar-refractivity contribution in [3.8, 4) is 0 Å². The minimum Gasteiger partial charge on any atom is -0.481 e. The lowest BCUT2D eigenvalue weighted by molar-refractivity contribution is -0.147. The monoisotopic (exact) mass is 597 g/mol. The molecule has 42 heavy (non-hydrogen) atoms. The lowest BCUT2D eigenvalue weighted by Gasteiger charge is -2.47. The number of amides is 3. The van der Waals surface area contributed by atoms with Crippen molar-refractivity contribution in [3.63, 3.8) is 0 Å². The first-order chi connectivity index (χ1) is 19.4. The van der Waals surface area contributed by atoms with Crippen LogP contribution in [0.5, 0.6) is 0 Å². The quantitative estimate of drug-likeness (QED) is 0.126. The van der Waals surface area contributed by atoms with Crippen LogP contribution in [0.4, 0.5) is 4.79 Å². The van der Waals surface area contributed by atoms with E-state index in [4.69, 9.17) is 10.2 Å². The summed E-state index contributed by atoms with van der Waals surface area (Å²) in [5, 5.41) is 42.1. The molecule has 15 nitrogen and oxygen atoms in total. The fraction of sp³-hybridized carbons (Fsp3) is 0.593. The zero-order valence-corrected chi connectivity index (χ0v) is 24.7. The third kappa shape index (κ3) is 13.9. The van der Waals surface area contributed by atoms with Crippen molar-refractivity contribution in [1.29, 1.82) is 0 Å². The molecule has 1 unspecified atom stereocenters. The summed E-state index contributed by atoms with van der Waals surface area (Å²) in [7, 11) is 0. The second kappa shape index (κ2) is 18.2. The van der Waals surface area contributed by atoms with Crippen LogP contribution in [-0.2, 0) is 30.5 Å². The molecule has 0 saturated carbocycles. The Morgan fingerprint density at radius 3 is 2.00 bits per heavy atom. The highest BCUT2D eigenvalue weighted by molar-refractivity contribution is 5.85. The Balaban J connectivity index is 0.00000308. The van der Waals surface area contributed by atoms with Crippen molar-refractivity contribution in [2.75, 3.05) is 19.6 Å². The summed E-state index contributed by atoms with van der Waals surface area (Å²) in [6.45, 7) is 8.23. The Morgan fingerprint density at radius 1 is 0.905 bits per heavy atom.